The van der Waals surface area contributed by atoms with E-state index >= 15 is 0 Å². The lowest BCUT2D eigenvalue weighted by molar-refractivity contribution is 0.240. The van der Waals surface area contributed by atoms with Crippen LogP contribution in [0.3, 0.4) is 0 Å². The fraction of sp³-hybridized carbons (Fsp3) is 0.333. The first kappa shape index (κ1) is 7.83. The van der Waals surface area contributed by atoms with Gasteiger partial charge in [0.05, 0.1) is 12.7 Å². The number of rotatable bonds is 1. The Hall–Kier alpha value is -0.795. The van der Waals surface area contributed by atoms with Crippen LogP contribution in [0.1, 0.15) is 11.7 Å². The van der Waals surface area contributed by atoms with E-state index in [9.17, 15) is 0 Å². The molecule has 1 aromatic rings. The lowest BCUT2D eigenvalue weighted by Gasteiger charge is -2.07. The summed E-state index contributed by atoms with van der Waals surface area (Å²) in [6.45, 7) is 2.59. The van der Waals surface area contributed by atoms with Gasteiger partial charge in [-0.1, -0.05) is 30.3 Å². The molecule has 1 aliphatic heterocycles. The van der Waals surface area contributed by atoms with Crippen LogP contribution < -0.4 is 0 Å². The molecule has 1 unspecified atom stereocenters. The molecule has 1 fully saturated rings. The monoisotopic (exact) mass is 162 g/mol. The molecular weight excluding hydrogens is 151 g/mol. The van der Waals surface area contributed by atoms with E-state index in [1.807, 2.05) is 25.0 Å². The lowest BCUT2D eigenvalue weighted by Crippen LogP contribution is -2.07. The van der Waals surface area contributed by atoms with Crippen LogP contribution in [0.5, 0.6) is 0 Å². The summed E-state index contributed by atoms with van der Waals surface area (Å²) in [5.41, 5.74) is 1.20. The summed E-state index contributed by atoms with van der Waals surface area (Å²) in [4.78, 5) is 0. The maximum atomic E-state index is 5.53. The highest BCUT2D eigenvalue weighted by atomic mass is 16.6. The van der Waals surface area contributed by atoms with Gasteiger partial charge < -0.3 is 9.31 Å². The van der Waals surface area contributed by atoms with Crippen molar-refractivity contribution in [2.24, 2.45) is 0 Å². The van der Waals surface area contributed by atoms with Gasteiger partial charge in [-0.05, 0) is 12.4 Å². The maximum absolute atomic E-state index is 5.53. The predicted octanol–water partition coefficient (Wildman–Crippen LogP) is 1.89. The molecule has 2 nitrogen and oxygen atoms in total. The molecule has 0 spiro atoms. The van der Waals surface area contributed by atoms with Crippen molar-refractivity contribution in [1.29, 1.82) is 0 Å². The molecule has 0 saturated carbocycles. The Morgan fingerprint density at radius 1 is 1.33 bits per heavy atom. The van der Waals surface area contributed by atoms with Crippen LogP contribution in [-0.2, 0) is 9.31 Å². The highest BCUT2D eigenvalue weighted by Gasteiger charge is 2.27. The summed E-state index contributed by atoms with van der Waals surface area (Å²) in [7, 11) is -0.0600. The van der Waals surface area contributed by atoms with Gasteiger partial charge in [0.15, 0.2) is 0 Å². The summed E-state index contributed by atoms with van der Waals surface area (Å²) in [6, 6.07) is 10.2. The Balaban J connectivity index is 2.11. The van der Waals surface area contributed by atoms with E-state index in [1.54, 1.807) is 0 Å². The van der Waals surface area contributed by atoms with Gasteiger partial charge in [0, 0.05) is 0 Å². The molecule has 1 atom stereocenters. The normalized spacial score (nSPS) is 23.1. The first-order chi connectivity index (χ1) is 5.86. The molecule has 0 aromatic heterocycles. The lowest BCUT2D eigenvalue weighted by atomic mass is 9.97. The molecule has 1 saturated heterocycles. The van der Waals surface area contributed by atoms with Crippen LogP contribution in [0.25, 0.3) is 0 Å². The smallest absolute Gasteiger partial charge is 0.408 e. The molecular formula is C9H11BO2. The minimum atomic E-state index is -0.0600. The number of hydrogen-bond donors (Lipinski definition) is 0. The average Bonchev–Trinajstić information content (AvgIpc) is 2.54. The van der Waals surface area contributed by atoms with Crippen molar-refractivity contribution in [1.82, 2.24) is 0 Å². The third-order valence-corrected chi connectivity index (χ3v) is 2.01. The molecule has 0 amide bonds. The zero-order chi connectivity index (χ0) is 8.39. The second kappa shape index (κ2) is 3.29. The van der Waals surface area contributed by atoms with E-state index in [4.69, 9.17) is 9.31 Å². The van der Waals surface area contributed by atoms with E-state index in [0.717, 1.165) is 0 Å². The second-order valence-corrected chi connectivity index (χ2v) is 2.94. The van der Waals surface area contributed by atoms with Crippen LogP contribution in [-0.4, -0.2) is 13.7 Å². The zero-order valence-electron chi connectivity index (χ0n) is 7.07. The number of benzene rings is 1. The van der Waals surface area contributed by atoms with E-state index in [0.29, 0.717) is 6.61 Å². The molecule has 1 heterocycles. The van der Waals surface area contributed by atoms with Crippen LogP contribution in [0, 0.1) is 0 Å². The van der Waals surface area contributed by atoms with Crippen molar-refractivity contribution in [3.63, 3.8) is 0 Å². The van der Waals surface area contributed by atoms with Crippen LogP contribution in [0.2, 0.25) is 6.82 Å². The van der Waals surface area contributed by atoms with Crippen molar-refractivity contribution < 1.29 is 9.31 Å². The highest BCUT2D eigenvalue weighted by molar-refractivity contribution is 6.43. The van der Waals surface area contributed by atoms with Gasteiger partial charge in [-0.15, -0.1) is 0 Å². The van der Waals surface area contributed by atoms with Crippen LogP contribution in [0.15, 0.2) is 30.3 Å². The van der Waals surface area contributed by atoms with Gasteiger partial charge in [0.2, 0.25) is 0 Å². The molecule has 62 valence electrons. The average molecular weight is 162 g/mol. The Morgan fingerprint density at radius 2 is 2.08 bits per heavy atom. The van der Waals surface area contributed by atoms with Gasteiger partial charge in [0.1, 0.15) is 0 Å². The first-order valence-electron chi connectivity index (χ1n) is 4.18. The van der Waals surface area contributed by atoms with Crippen molar-refractivity contribution in [3.05, 3.63) is 35.9 Å². The quantitative estimate of drug-likeness (QED) is 0.587. The molecule has 1 aliphatic rings. The minimum Gasteiger partial charge on any atom is -0.408 e. The van der Waals surface area contributed by atoms with Gasteiger partial charge in [-0.3, -0.25) is 0 Å². The van der Waals surface area contributed by atoms with Gasteiger partial charge in [-0.2, -0.15) is 0 Å². The number of hydrogen-bond acceptors (Lipinski definition) is 2. The highest BCUT2D eigenvalue weighted by Crippen LogP contribution is 2.23. The van der Waals surface area contributed by atoms with Crippen LogP contribution in [0.4, 0.5) is 0 Å². The topological polar surface area (TPSA) is 18.5 Å². The largest absolute Gasteiger partial charge is 0.454 e. The third kappa shape index (κ3) is 1.52. The molecule has 0 bridgehead atoms. The summed E-state index contributed by atoms with van der Waals surface area (Å²) in [5.74, 6) is 0. The second-order valence-electron chi connectivity index (χ2n) is 2.94. The summed E-state index contributed by atoms with van der Waals surface area (Å²) in [6.07, 6.45) is 0.126. The Morgan fingerprint density at radius 3 is 2.67 bits per heavy atom. The Labute approximate surface area is 72.6 Å². The van der Waals surface area contributed by atoms with E-state index in [1.165, 1.54) is 5.56 Å². The van der Waals surface area contributed by atoms with Crippen LogP contribution >= 0.6 is 0 Å². The van der Waals surface area contributed by atoms with Gasteiger partial charge in [-0.25, -0.2) is 0 Å². The fourth-order valence-electron chi connectivity index (χ4n) is 1.38. The fourth-order valence-corrected chi connectivity index (χ4v) is 1.38. The molecule has 3 heteroatoms. The Kier molecular flexibility index (Phi) is 2.15. The molecule has 2 rings (SSSR count). The molecule has 0 radical (unpaired) electrons. The Bertz CT molecular complexity index is 250. The van der Waals surface area contributed by atoms with Crippen molar-refractivity contribution in [2.45, 2.75) is 12.9 Å². The SMILES string of the molecule is CB1OCC(c2ccccc2)O1. The maximum Gasteiger partial charge on any atom is 0.454 e. The summed E-state index contributed by atoms with van der Waals surface area (Å²) >= 11 is 0. The van der Waals surface area contributed by atoms with Crippen molar-refractivity contribution in [2.75, 3.05) is 6.61 Å². The van der Waals surface area contributed by atoms with E-state index in [2.05, 4.69) is 12.1 Å². The first-order valence-corrected chi connectivity index (χ1v) is 4.18. The van der Waals surface area contributed by atoms with E-state index < -0.39 is 0 Å². The van der Waals surface area contributed by atoms with Crippen molar-refractivity contribution in [3.8, 4) is 0 Å². The predicted molar refractivity (Wildman–Crippen MR) is 47.8 cm³/mol. The molecule has 12 heavy (non-hydrogen) atoms. The van der Waals surface area contributed by atoms with Gasteiger partial charge >= 0.3 is 7.12 Å². The molecule has 1 aromatic carbocycles. The minimum absolute atomic E-state index is 0.0600. The zero-order valence-corrected chi connectivity index (χ0v) is 7.07. The summed E-state index contributed by atoms with van der Waals surface area (Å²) in [5, 5.41) is 0. The van der Waals surface area contributed by atoms with Gasteiger partial charge in [0.25, 0.3) is 0 Å². The molecule has 0 N–H and O–H groups in total. The van der Waals surface area contributed by atoms with E-state index in [-0.39, 0.29) is 13.2 Å². The molecule has 0 aliphatic carbocycles. The van der Waals surface area contributed by atoms with Crippen molar-refractivity contribution >= 4 is 7.12 Å². The standard InChI is InChI=1S/C9H11BO2/c1-10-11-7-9(12-10)8-5-3-2-4-6-8/h2-6,9H,7H2,1H3. The third-order valence-electron chi connectivity index (χ3n) is 2.01. The summed E-state index contributed by atoms with van der Waals surface area (Å²) < 4.78 is 10.8.